The monoisotopic (exact) mass is 305 g/mol. The summed E-state index contributed by atoms with van der Waals surface area (Å²) in [6, 6.07) is 3.60. The molecule has 5 nitrogen and oxygen atoms in total. The van der Waals surface area contributed by atoms with Crippen LogP contribution in [-0.2, 0) is 22.1 Å². The van der Waals surface area contributed by atoms with Gasteiger partial charge in [0.25, 0.3) is 0 Å². The zero-order chi connectivity index (χ0) is 23.3. The normalized spacial score (nSPS) is 21.9. The summed E-state index contributed by atoms with van der Waals surface area (Å²) in [6.45, 7) is -5.60. The summed E-state index contributed by atoms with van der Waals surface area (Å²) >= 11 is 0. The van der Waals surface area contributed by atoms with Gasteiger partial charge in [-0.2, -0.15) is 0 Å². The number of aromatic amines is 1. The number of hydrogen-bond acceptors (Lipinski definition) is 3. The summed E-state index contributed by atoms with van der Waals surface area (Å²) in [5, 5.41) is 0.325. The van der Waals surface area contributed by atoms with E-state index in [4.69, 9.17) is 13.8 Å². The highest BCUT2D eigenvalue weighted by Gasteiger charge is 2.11. The Hall–Kier alpha value is -1.37. The zero-order valence-corrected chi connectivity index (χ0v) is 11.6. The van der Waals surface area contributed by atoms with Crippen molar-refractivity contribution in [1.29, 1.82) is 0 Å². The Bertz CT molecular complexity index is 1030. The molecule has 0 radical (unpaired) electrons. The fraction of sp³-hybridized carbons (Fsp3) is 0.429. The maximum absolute atomic E-state index is 12.4. The maximum atomic E-state index is 12.4. The van der Waals surface area contributed by atoms with Crippen LogP contribution in [0, 0.1) is 0 Å². The lowest BCUT2D eigenvalue weighted by Gasteiger charge is -2.08. The Morgan fingerprint density at radius 3 is 3.20 bits per heavy atom. The van der Waals surface area contributed by atoms with E-state index < -0.39 is 40.0 Å². The Kier molecular flexibility index (Phi) is 1.96. The molecule has 0 aliphatic heterocycles. The zero-order valence-electron chi connectivity index (χ0n) is 20.8. The standard InChI is InChI=1S/C14H21N3O2S/c1-15-20(18,19)10-11-4-5-14-13(8-11)12(9-16-14)6-7-17(2)3/h4-5,8-9,15-16H,6-7,10H2,1-3H3/i1D3,2D3,10D2/hD2. The van der Waals surface area contributed by atoms with Crippen LogP contribution in [0.2, 0.25) is 2.82 Å². The van der Waals surface area contributed by atoms with Crippen LogP contribution in [0.15, 0.2) is 24.4 Å². The summed E-state index contributed by atoms with van der Waals surface area (Å²) in [6.07, 6.45) is 1.60. The van der Waals surface area contributed by atoms with Crippen molar-refractivity contribution >= 4 is 20.9 Å². The summed E-state index contributed by atoms with van der Waals surface area (Å²) in [4.78, 5) is 2.12. The number of rotatable bonds is 6. The number of sulfonamides is 1. The summed E-state index contributed by atoms with van der Waals surface area (Å²) < 4.78 is 98.9. The van der Waals surface area contributed by atoms with E-state index in [0.717, 1.165) is 15.9 Å². The van der Waals surface area contributed by atoms with Gasteiger partial charge in [-0.1, -0.05) is 6.07 Å². The van der Waals surface area contributed by atoms with Crippen molar-refractivity contribution < 1.29 is 22.2 Å². The Morgan fingerprint density at radius 2 is 2.45 bits per heavy atom. The maximum Gasteiger partial charge on any atom is 0.215 e. The van der Waals surface area contributed by atoms with Crippen LogP contribution in [0.5, 0.6) is 0 Å². The number of nitrogens with one attached hydrogen (secondary N) is 2. The van der Waals surface area contributed by atoms with E-state index in [2.05, 4.69) is 0 Å². The minimum absolute atomic E-state index is 0.102. The van der Waals surface area contributed by atoms with Crippen molar-refractivity contribution in [2.75, 3.05) is 27.5 Å². The predicted molar refractivity (Wildman–Crippen MR) is 82.2 cm³/mol. The lowest BCUT2D eigenvalue weighted by atomic mass is 10.1. The van der Waals surface area contributed by atoms with Crippen LogP contribution >= 0.6 is 0 Å². The minimum atomic E-state index is -5.23. The van der Waals surface area contributed by atoms with Crippen LogP contribution in [0.3, 0.4) is 0 Å². The molecule has 0 fully saturated rings. The first-order valence-corrected chi connectivity index (χ1v) is 7.23. The Balaban J connectivity index is 2.50. The SMILES string of the molecule is [2H]N(C([2H])([2H])[2H])S(=O)(=O)C([2H])([2H])c1ccc2c(c1)c(CCN(C)C([2H])([2H])[2H])cn2[2H]. The van der Waals surface area contributed by atoms with E-state index in [9.17, 15) is 8.42 Å². The number of likely N-dealkylation sites (N-methyl/N-ethyl adjacent to an activating group) is 1. The molecule has 110 valence electrons. The summed E-state index contributed by atoms with van der Waals surface area (Å²) in [5.41, 5.74) is -2.82. The minimum Gasteiger partial charge on any atom is -0.361 e. The van der Waals surface area contributed by atoms with Crippen molar-refractivity contribution in [3.05, 3.63) is 35.5 Å². The van der Waals surface area contributed by atoms with Crippen molar-refractivity contribution in [2.24, 2.45) is 0 Å². The molecule has 0 unspecified atom stereocenters. The molecule has 2 rings (SSSR count). The van der Waals surface area contributed by atoms with E-state index in [1.54, 1.807) is 0 Å². The second-order valence-electron chi connectivity index (χ2n) is 4.36. The van der Waals surface area contributed by atoms with Gasteiger partial charge in [0.05, 0.1) is 5.70 Å². The quantitative estimate of drug-likeness (QED) is 0.846. The van der Waals surface area contributed by atoms with E-state index in [1.807, 2.05) is 0 Å². The third kappa shape index (κ3) is 3.59. The lowest BCUT2D eigenvalue weighted by molar-refractivity contribution is 0.414. The second-order valence-corrected chi connectivity index (χ2v) is 5.69. The number of fused-ring (bicyclic) bond motifs is 1. The first-order chi connectivity index (χ1) is 13.4. The highest BCUT2D eigenvalue weighted by molar-refractivity contribution is 7.88. The molecular weight excluding hydrogens is 274 g/mol. The molecule has 2 aromatic rings. The molecule has 0 saturated heterocycles. The highest BCUT2D eigenvalue weighted by Crippen LogP contribution is 2.21. The smallest absolute Gasteiger partial charge is 0.215 e. The van der Waals surface area contributed by atoms with Gasteiger partial charge in [-0.3, -0.25) is 0 Å². The summed E-state index contributed by atoms with van der Waals surface area (Å²) in [7, 11) is -3.83. The van der Waals surface area contributed by atoms with Crippen LogP contribution < -0.4 is 4.72 Å². The molecule has 0 spiro atoms. The predicted octanol–water partition coefficient (Wildman–Crippen LogP) is 1.32. The van der Waals surface area contributed by atoms with E-state index in [0.29, 0.717) is 16.5 Å². The average Bonchev–Trinajstić information content (AvgIpc) is 2.92. The fourth-order valence-electron chi connectivity index (χ4n) is 1.85. The molecular formula is C14H21N3O2S. The average molecular weight is 305 g/mol. The van der Waals surface area contributed by atoms with Gasteiger partial charge in [0.2, 0.25) is 10.0 Å². The molecule has 1 aromatic carbocycles. The van der Waals surface area contributed by atoms with Gasteiger partial charge in [0.15, 0.2) is 1.41 Å². The van der Waals surface area contributed by atoms with E-state index in [1.165, 1.54) is 25.4 Å². The van der Waals surface area contributed by atoms with Crippen molar-refractivity contribution in [3.8, 4) is 0 Å². The fourth-order valence-corrected chi connectivity index (χ4v) is 2.32. The highest BCUT2D eigenvalue weighted by atomic mass is 32.2. The van der Waals surface area contributed by atoms with Gasteiger partial charge in [-0.25, -0.2) is 13.1 Å². The third-order valence-corrected chi connectivity index (χ3v) is 3.52. The van der Waals surface area contributed by atoms with Gasteiger partial charge in [0.1, 0.15) is 1.41 Å². The van der Waals surface area contributed by atoms with Gasteiger partial charge < -0.3 is 9.88 Å². The number of hydrogen-bond donors (Lipinski definition) is 2. The van der Waals surface area contributed by atoms with Crippen molar-refractivity contribution in [3.63, 3.8) is 0 Å². The van der Waals surface area contributed by atoms with E-state index in [-0.39, 0.29) is 13.0 Å². The van der Waals surface area contributed by atoms with Crippen LogP contribution in [0.25, 0.3) is 10.9 Å². The number of benzene rings is 1. The van der Waals surface area contributed by atoms with Crippen LogP contribution in [0.4, 0.5) is 0 Å². The molecule has 1 aromatic heterocycles. The number of nitrogens with zero attached hydrogens (tertiary/aromatic N) is 1. The molecule has 0 bridgehead atoms. The van der Waals surface area contributed by atoms with Crippen molar-refractivity contribution in [1.82, 2.24) is 14.6 Å². The number of H-pyrrole nitrogens is 1. The molecule has 2 N–H and O–H groups in total. The van der Waals surface area contributed by atoms with E-state index >= 15 is 0 Å². The second kappa shape index (κ2) is 5.95. The van der Waals surface area contributed by atoms with Crippen LogP contribution in [-0.4, -0.2) is 45.8 Å². The van der Waals surface area contributed by atoms with Gasteiger partial charge in [-0.15, -0.1) is 0 Å². The molecule has 6 heteroatoms. The number of aromatic nitrogens is 1. The molecule has 20 heavy (non-hydrogen) atoms. The first kappa shape index (κ1) is 6.60. The third-order valence-electron chi connectivity index (χ3n) is 2.79. The molecule has 0 aliphatic rings. The first-order valence-electron chi connectivity index (χ1n) is 10.7. The Morgan fingerprint density at radius 1 is 1.60 bits per heavy atom. The largest absolute Gasteiger partial charge is 0.361 e. The Labute approximate surface area is 134 Å². The van der Waals surface area contributed by atoms with Gasteiger partial charge in [-0.05, 0) is 50.7 Å². The topological polar surface area (TPSA) is 65.2 Å². The van der Waals surface area contributed by atoms with Gasteiger partial charge >= 0.3 is 0 Å². The van der Waals surface area contributed by atoms with Crippen molar-refractivity contribution in [2.45, 2.75) is 12.1 Å². The molecule has 0 aliphatic carbocycles. The summed E-state index contributed by atoms with van der Waals surface area (Å²) in [5.74, 6) is 0. The molecule has 0 atom stereocenters. The van der Waals surface area contributed by atoms with Gasteiger partial charge in [0, 0.05) is 34.6 Å². The molecule has 0 saturated carbocycles. The lowest BCUT2D eigenvalue weighted by Crippen LogP contribution is -2.20. The molecule has 1 heterocycles. The molecule has 0 amide bonds. The van der Waals surface area contributed by atoms with Crippen LogP contribution in [0.1, 0.15) is 22.1 Å².